The number of ether oxygens (including phenoxy) is 1. The zero-order valence-electron chi connectivity index (χ0n) is 13.9. The van der Waals surface area contributed by atoms with Gasteiger partial charge in [-0.15, -0.1) is 0 Å². The molecule has 1 amide bonds. The first-order chi connectivity index (χ1) is 11.2. The van der Waals surface area contributed by atoms with Crippen LogP contribution >= 0.6 is 0 Å². The van der Waals surface area contributed by atoms with Crippen molar-refractivity contribution < 1.29 is 14.6 Å². The molecule has 1 saturated carbocycles. The molecule has 126 valence electrons. The molecule has 1 N–H and O–H groups in total. The highest BCUT2D eigenvalue weighted by molar-refractivity contribution is 5.79. The predicted octanol–water partition coefficient (Wildman–Crippen LogP) is 3.30. The van der Waals surface area contributed by atoms with Crippen molar-refractivity contribution in [1.29, 1.82) is 0 Å². The van der Waals surface area contributed by atoms with Crippen LogP contribution in [0.25, 0.3) is 0 Å². The van der Waals surface area contributed by atoms with Gasteiger partial charge in [-0.3, -0.25) is 4.79 Å². The fourth-order valence-electron chi connectivity index (χ4n) is 4.00. The Kier molecular flexibility index (Phi) is 5.21. The molecule has 1 heterocycles. The lowest BCUT2D eigenvalue weighted by Gasteiger charge is -2.33. The maximum atomic E-state index is 12.8. The highest BCUT2D eigenvalue weighted by atomic mass is 16.5. The third-order valence-electron chi connectivity index (χ3n) is 5.36. The number of aliphatic hydroxyl groups is 1. The van der Waals surface area contributed by atoms with Gasteiger partial charge in [-0.05, 0) is 43.4 Å². The van der Waals surface area contributed by atoms with Crippen molar-refractivity contribution in [2.45, 2.75) is 57.1 Å². The van der Waals surface area contributed by atoms with Crippen LogP contribution in [-0.2, 0) is 4.79 Å². The SMILES string of the molecule is COc1ccc([C@H](O)[C@@H]2CCCN2C(=O)C2CCCCC2)cc1. The summed E-state index contributed by atoms with van der Waals surface area (Å²) in [7, 11) is 1.63. The van der Waals surface area contributed by atoms with Gasteiger partial charge in [0.25, 0.3) is 0 Å². The van der Waals surface area contributed by atoms with Crippen molar-refractivity contribution in [3.63, 3.8) is 0 Å². The Morgan fingerprint density at radius 2 is 1.83 bits per heavy atom. The van der Waals surface area contributed by atoms with Crippen LogP contribution in [0.5, 0.6) is 5.75 Å². The van der Waals surface area contributed by atoms with Crippen LogP contribution in [0, 0.1) is 5.92 Å². The summed E-state index contributed by atoms with van der Waals surface area (Å²) in [6, 6.07) is 7.43. The first-order valence-electron chi connectivity index (χ1n) is 8.83. The van der Waals surface area contributed by atoms with E-state index in [9.17, 15) is 9.90 Å². The average Bonchev–Trinajstić information content (AvgIpc) is 3.11. The van der Waals surface area contributed by atoms with E-state index in [4.69, 9.17) is 4.74 Å². The van der Waals surface area contributed by atoms with Crippen LogP contribution in [-0.4, -0.2) is 35.6 Å². The third-order valence-corrected chi connectivity index (χ3v) is 5.36. The summed E-state index contributed by atoms with van der Waals surface area (Å²) in [6.07, 6.45) is 6.85. The van der Waals surface area contributed by atoms with Gasteiger partial charge in [-0.2, -0.15) is 0 Å². The van der Waals surface area contributed by atoms with Crippen molar-refractivity contribution in [2.24, 2.45) is 5.92 Å². The van der Waals surface area contributed by atoms with Gasteiger partial charge in [-0.25, -0.2) is 0 Å². The fourth-order valence-corrected chi connectivity index (χ4v) is 4.00. The summed E-state index contributed by atoms with van der Waals surface area (Å²) >= 11 is 0. The van der Waals surface area contributed by atoms with E-state index in [1.807, 2.05) is 29.2 Å². The predicted molar refractivity (Wildman–Crippen MR) is 89.3 cm³/mol. The van der Waals surface area contributed by atoms with Crippen molar-refractivity contribution in [3.05, 3.63) is 29.8 Å². The Morgan fingerprint density at radius 3 is 2.48 bits per heavy atom. The minimum absolute atomic E-state index is 0.0854. The summed E-state index contributed by atoms with van der Waals surface area (Å²) in [4.78, 5) is 14.8. The molecule has 1 aromatic rings. The summed E-state index contributed by atoms with van der Waals surface area (Å²) in [5, 5.41) is 10.8. The van der Waals surface area contributed by atoms with Crippen LogP contribution in [0.2, 0.25) is 0 Å². The first-order valence-corrected chi connectivity index (χ1v) is 8.83. The van der Waals surface area contributed by atoms with Gasteiger partial charge in [0, 0.05) is 12.5 Å². The average molecular weight is 317 g/mol. The van der Waals surface area contributed by atoms with Crippen molar-refractivity contribution >= 4 is 5.91 Å². The molecule has 2 atom stereocenters. The van der Waals surface area contributed by atoms with Crippen LogP contribution in [0.3, 0.4) is 0 Å². The molecule has 2 fully saturated rings. The minimum Gasteiger partial charge on any atom is -0.497 e. The fraction of sp³-hybridized carbons (Fsp3) is 0.632. The van der Waals surface area contributed by atoms with Crippen LogP contribution < -0.4 is 4.74 Å². The molecule has 4 heteroatoms. The van der Waals surface area contributed by atoms with Gasteiger partial charge in [0.1, 0.15) is 5.75 Å². The monoisotopic (exact) mass is 317 g/mol. The smallest absolute Gasteiger partial charge is 0.226 e. The summed E-state index contributed by atoms with van der Waals surface area (Å²) in [5.74, 6) is 1.22. The summed E-state index contributed by atoms with van der Waals surface area (Å²) in [5.41, 5.74) is 0.860. The molecule has 0 radical (unpaired) electrons. The highest BCUT2D eigenvalue weighted by Crippen LogP contribution is 2.34. The van der Waals surface area contributed by atoms with E-state index in [-0.39, 0.29) is 17.9 Å². The number of likely N-dealkylation sites (tertiary alicyclic amines) is 1. The van der Waals surface area contributed by atoms with Gasteiger partial charge in [0.2, 0.25) is 5.91 Å². The lowest BCUT2D eigenvalue weighted by Crippen LogP contribution is -2.43. The topological polar surface area (TPSA) is 49.8 Å². The minimum atomic E-state index is -0.615. The van der Waals surface area contributed by atoms with E-state index in [0.29, 0.717) is 0 Å². The Balaban J connectivity index is 1.70. The third kappa shape index (κ3) is 3.52. The van der Waals surface area contributed by atoms with Crippen molar-refractivity contribution in [1.82, 2.24) is 4.90 Å². The lowest BCUT2D eigenvalue weighted by atomic mass is 9.87. The quantitative estimate of drug-likeness (QED) is 0.927. The van der Waals surface area contributed by atoms with E-state index >= 15 is 0 Å². The molecule has 1 aliphatic heterocycles. The molecular weight excluding hydrogens is 290 g/mol. The molecule has 23 heavy (non-hydrogen) atoms. The van der Waals surface area contributed by atoms with E-state index < -0.39 is 6.10 Å². The number of carbonyl (C=O) groups excluding carboxylic acids is 1. The Morgan fingerprint density at radius 1 is 1.13 bits per heavy atom. The van der Waals surface area contributed by atoms with E-state index in [0.717, 1.165) is 56.4 Å². The molecule has 4 nitrogen and oxygen atoms in total. The van der Waals surface area contributed by atoms with Gasteiger partial charge in [-0.1, -0.05) is 31.4 Å². The molecule has 1 aliphatic carbocycles. The van der Waals surface area contributed by atoms with Gasteiger partial charge in [0.15, 0.2) is 0 Å². The Hall–Kier alpha value is -1.55. The number of aliphatic hydroxyl groups excluding tert-OH is 1. The second-order valence-corrected chi connectivity index (χ2v) is 6.79. The second-order valence-electron chi connectivity index (χ2n) is 6.79. The van der Waals surface area contributed by atoms with Gasteiger partial charge in [0.05, 0.1) is 19.3 Å². The number of hydrogen-bond donors (Lipinski definition) is 1. The number of nitrogens with zero attached hydrogens (tertiary/aromatic N) is 1. The number of benzene rings is 1. The standard InChI is InChI=1S/C19H27NO3/c1-23-16-11-9-14(10-12-16)18(21)17-8-5-13-20(17)19(22)15-6-3-2-4-7-15/h9-12,15,17-18,21H,2-8,13H2,1H3/t17-,18-/m0/s1. The van der Waals surface area contributed by atoms with Crippen molar-refractivity contribution in [2.75, 3.05) is 13.7 Å². The maximum Gasteiger partial charge on any atom is 0.226 e. The van der Waals surface area contributed by atoms with Crippen LogP contribution in [0.4, 0.5) is 0 Å². The summed E-state index contributed by atoms with van der Waals surface area (Å²) in [6.45, 7) is 0.785. The summed E-state index contributed by atoms with van der Waals surface area (Å²) < 4.78 is 5.17. The zero-order chi connectivity index (χ0) is 16.2. The van der Waals surface area contributed by atoms with Gasteiger partial charge < -0.3 is 14.7 Å². The zero-order valence-corrected chi connectivity index (χ0v) is 13.9. The molecule has 0 aromatic heterocycles. The Labute approximate surface area is 138 Å². The van der Waals surface area contributed by atoms with Gasteiger partial charge >= 0.3 is 0 Å². The number of rotatable bonds is 4. The largest absolute Gasteiger partial charge is 0.497 e. The molecule has 0 unspecified atom stereocenters. The molecule has 2 aliphatic rings. The molecule has 1 aromatic carbocycles. The van der Waals surface area contributed by atoms with E-state index in [2.05, 4.69) is 0 Å². The second kappa shape index (κ2) is 7.35. The van der Waals surface area contributed by atoms with E-state index in [1.165, 1.54) is 6.42 Å². The van der Waals surface area contributed by atoms with Crippen molar-refractivity contribution in [3.8, 4) is 5.75 Å². The lowest BCUT2D eigenvalue weighted by molar-refractivity contribution is -0.139. The molecule has 0 bridgehead atoms. The number of methoxy groups -OCH3 is 1. The Bertz CT molecular complexity index is 522. The number of amides is 1. The maximum absolute atomic E-state index is 12.8. The number of hydrogen-bond acceptors (Lipinski definition) is 3. The number of carbonyl (C=O) groups is 1. The van der Waals surface area contributed by atoms with Crippen LogP contribution in [0.15, 0.2) is 24.3 Å². The molecule has 3 rings (SSSR count). The van der Waals surface area contributed by atoms with Crippen LogP contribution in [0.1, 0.15) is 56.6 Å². The normalized spacial score (nSPS) is 23.7. The highest BCUT2D eigenvalue weighted by Gasteiger charge is 2.37. The first kappa shape index (κ1) is 16.3. The molecule has 1 saturated heterocycles. The van der Waals surface area contributed by atoms with E-state index in [1.54, 1.807) is 7.11 Å². The molecular formula is C19H27NO3. The molecule has 0 spiro atoms.